The summed E-state index contributed by atoms with van der Waals surface area (Å²) < 4.78 is 77.4. The van der Waals surface area contributed by atoms with Gasteiger partial charge in [-0.2, -0.15) is 26.3 Å². The van der Waals surface area contributed by atoms with Gasteiger partial charge in [-0.25, -0.2) is 4.79 Å². The zero-order chi connectivity index (χ0) is 21.2. The molecule has 0 aliphatic rings. The van der Waals surface area contributed by atoms with Crippen LogP contribution in [0, 0.1) is 0 Å². The third-order valence-electron chi connectivity index (χ3n) is 4.16. The van der Waals surface area contributed by atoms with Gasteiger partial charge in [0.1, 0.15) is 0 Å². The van der Waals surface area contributed by atoms with Crippen molar-refractivity contribution in [3.63, 3.8) is 0 Å². The van der Waals surface area contributed by atoms with Crippen molar-refractivity contribution in [2.24, 2.45) is 0 Å². The van der Waals surface area contributed by atoms with Gasteiger partial charge in [-0.3, -0.25) is 0 Å². The van der Waals surface area contributed by atoms with E-state index >= 15 is 0 Å². The second-order valence-corrected chi connectivity index (χ2v) is 6.24. The van der Waals surface area contributed by atoms with Crippen molar-refractivity contribution in [3.05, 3.63) is 77.4 Å². The highest BCUT2D eigenvalue weighted by Gasteiger charge is 2.37. The Bertz CT molecular complexity index is 1010. The molecule has 0 aromatic heterocycles. The van der Waals surface area contributed by atoms with E-state index in [-0.39, 0.29) is 12.6 Å². The maximum absolute atomic E-state index is 12.9. The summed E-state index contributed by atoms with van der Waals surface area (Å²) in [7, 11) is 0. The average molecular weight is 412 g/mol. The highest BCUT2D eigenvalue weighted by Crippen LogP contribution is 2.37. The number of nitrogens with one attached hydrogen (secondary N) is 2. The van der Waals surface area contributed by atoms with Crippen molar-refractivity contribution < 1.29 is 31.1 Å². The fourth-order valence-electron chi connectivity index (χ4n) is 2.82. The lowest BCUT2D eigenvalue weighted by molar-refractivity contribution is -0.143. The first-order valence-electron chi connectivity index (χ1n) is 8.35. The lowest BCUT2D eigenvalue weighted by Gasteiger charge is -2.15. The molecule has 0 heterocycles. The molecule has 2 N–H and O–H groups in total. The first-order valence-corrected chi connectivity index (χ1v) is 8.35. The van der Waals surface area contributed by atoms with Crippen LogP contribution < -0.4 is 10.6 Å². The average Bonchev–Trinajstić information content (AvgIpc) is 2.64. The van der Waals surface area contributed by atoms with E-state index < -0.39 is 35.2 Å². The van der Waals surface area contributed by atoms with Crippen molar-refractivity contribution in [1.82, 2.24) is 5.32 Å². The molecule has 0 aliphatic heterocycles. The fraction of sp³-hybridized carbons (Fsp3) is 0.150. The topological polar surface area (TPSA) is 41.1 Å². The molecule has 0 fully saturated rings. The van der Waals surface area contributed by atoms with Gasteiger partial charge in [0.25, 0.3) is 0 Å². The van der Waals surface area contributed by atoms with Crippen molar-refractivity contribution in [2.75, 3.05) is 5.32 Å². The van der Waals surface area contributed by atoms with E-state index in [1.807, 2.05) is 35.6 Å². The van der Waals surface area contributed by atoms with E-state index in [0.29, 0.717) is 12.1 Å². The van der Waals surface area contributed by atoms with Crippen molar-refractivity contribution in [3.8, 4) is 0 Å². The highest BCUT2D eigenvalue weighted by molar-refractivity contribution is 5.90. The molecule has 29 heavy (non-hydrogen) atoms. The van der Waals surface area contributed by atoms with Gasteiger partial charge in [0, 0.05) is 12.2 Å². The Hall–Kier alpha value is -3.23. The monoisotopic (exact) mass is 412 g/mol. The molecule has 152 valence electrons. The summed E-state index contributed by atoms with van der Waals surface area (Å²) in [6.45, 7) is 0.0400. The number of halogens is 6. The van der Waals surface area contributed by atoms with Gasteiger partial charge in [-0.15, -0.1) is 0 Å². The number of carbonyl (C=O) groups excluding carboxylic acids is 1. The van der Waals surface area contributed by atoms with Crippen LogP contribution in [-0.2, 0) is 18.9 Å². The summed E-state index contributed by atoms with van der Waals surface area (Å²) in [5.41, 5.74) is -2.87. The Balaban J connectivity index is 1.78. The minimum Gasteiger partial charge on any atom is -0.334 e. The van der Waals surface area contributed by atoms with Gasteiger partial charge in [-0.05, 0) is 34.5 Å². The first kappa shape index (κ1) is 20.5. The van der Waals surface area contributed by atoms with Gasteiger partial charge < -0.3 is 10.6 Å². The molecule has 0 spiro atoms. The van der Waals surface area contributed by atoms with Gasteiger partial charge in [0.05, 0.1) is 11.1 Å². The lowest BCUT2D eigenvalue weighted by Crippen LogP contribution is -2.28. The van der Waals surface area contributed by atoms with Gasteiger partial charge in [0.15, 0.2) is 0 Å². The number of alkyl halides is 6. The molecule has 0 bridgehead atoms. The molecule has 0 aliphatic carbocycles. The zero-order valence-electron chi connectivity index (χ0n) is 14.7. The predicted octanol–water partition coefficient (Wildman–Crippen LogP) is 6.20. The number of rotatable bonds is 3. The molecule has 0 unspecified atom stereocenters. The molecule has 3 rings (SSSR count). The van der Waals surface area contributed by atoms with Crippen molar-refractivity contribution in [2.45, 2.75) is 18.9 Å². The second kappa shape index (κ2) is 7.65. The van der Waals surface area contributed by atoms with Crippen LogP contribution in [0.25, 0.3) is 10.8 Å². The SMILES string of the molecule is O=C(NCc1cccc2ccccc12)Nc1cc(C(F)(F)F)cc(C(F)(F)F)c1. The van der Waals surface area contributed by atoms with Gasteiger partial charge >= 0.3 is 18.4 Å². The molecule has 2 amide bonds. The Morgan fingerprint density at radius 2 is 1.38 bits per heavy atom. The molecule has 9 heteroatoms. The van der Waals surface area contributed by atoms with Crippen molar-refractivity contribution in [1.29, 1.82) is 0 Å². The summed E-state index contributed by atoms with van der Waals surface area (Å²) in [5, 5.41) is 6.28. The number of hydrogen-bond donors (Lipinski definition) is 2. The maximum Gasteiger partial charge on any atom is 0.416 e. The predicted molar refractivity (Wildman–Crippen MR) is 96.3 cm³/mol. The number of anilines is 1. The summed E-state index contributed by atoms with van der Waals surface area (Å²) in [6.07, 6.45) is -9.98. The van der Waals surface area contributed by atoms with Crippen LogP contribution >= 0.6 is 0 Å². The Morgan fingerprint density at radius 3 is 2.00 bits per heavy atom. The minimum atomic E-state index is -4.99. The second-order valence-electron chi connectivity index (χ2n) is 6.24. The Kier molecular flexibility index (Phi) is 5.41. The number of hydrogen-bond acceptors (Lipinski definition) is 1. The standard InChI is InChI=1S/C20H14F6N2O/c21-19(22,23)14-8-15(20(24,25)26)10-16(9-14)28-18(29)27-11-13-6-3-5-12-4-1-2-7-17(12)13/h1-10H,11H2,(H2,27,28,29). The Morgan fingerprint density at radius 1 is 0.793 bits per heavy atom. The molecule has 3 nitrogen and oxygen atoms in total. The molecule has 0 saturated heterocycles. The third-order valence-corrected chi connectivity index (χ3v) is 4.16. The van der Waals surface area contributed by atoms with E-state index in [1.165, 1.54) is 0 Å². The molecule has 0 saturated carbocycles. The maximum atomic E-state index is 12.9. The highest BCUT2D eigenvalue weighted by atomic mass is 19.4. The lowest BCUT2D eigenvalue weighted by atomic mass is 10.0. The number of amides is 2. The van der Waals surface area contributed by atoms with E-state index in [1.54, 1.807) is 12.1 Å². The van der Waals surface area contributed by atoms with Crippen LogP contribution in [0.1, 0.15) is 16.7 Å². The number of benzene rings is 3. The van der Waals surface area contributed by atoms with E-state index in [0.717, 1.165) is 16.3 Å². The molecule has 3 aromatic rings. The Labute approximate surface area is 161 Å². The third kappa shape index (κ3) is 4.98. The molecule has 0 radical (unpaired) electrons. The van der Waals surface area contributed by atoms with Gasteiger partial charge in [-0.1, -0.05) is 42.5 Å². The number of carbonyl (C=O) groups is 1. The normalized spacial score (nSPS) is 12.1. The first-order chi connectivity index (χ1) is 13.5. The summed E-state index contributed by atoms with van der Waals surface area (Å²) >= 11 is 0. The van der Waals surface area contributed by atoms with Crippen LogP contribution in [0.3, 0.4) is 0 Å². The molecule has 0 atom stereocenters. The summed E-state index contributed by atoms with van der Waals surface area (Å²) in [5.74, 6) is 0. The molecular formula is C20H14F6N2O. The van der Waals surface area contributed by atoms with Crippen molar-refractivity contribution >= 4 is 22.5 Å². The minimum absolute atomic E-state index is 0.000803. The van der Waals surface area contributed by atoms with Crippen LogP contribution in [-0.4, -0.2) is 6.03 Å². The molecule has 3 aromatic carbocycles. The molecular weight excluding hydrogens is 398 g/mol. The largest absolute Gasteiger partial charge is 0.416 e. The number of urea groups is 1. The van der Waals surface area contributed by atoms with Gasteiger partial charge in [0.2, 0.25) is 0 Å². The summed E-state index contributed by atoms with van der Waals surface area (Å²) in [4.78, 5) is 12.1. The van der Waals surface area contributed by atoms with Crippen LogP contribution in [0.5, 0.6) is 0 Å². The van der Waals surface area contributed by atoms with E-state index in [2.05, 4.69) is 5.32 Å². The van der Waals surface area contributed by atoms with E-state index in [4.69, 9.17) is 0 Å². The quantitative estimate of drug-likeness (QED) is 0.494. The van der Waals surface area contributed by atoms with Crippen LogP contribution in [0.4, 0.5) is 36.8 Å². The smallest absolute Gasteiger partial charge is 0.334 e. The fourth-order valence-corrected chi connectivity index (χ4v) is 2.82. The zero-order valence-corrected chi connectivity index (χ0v) is 14.7. The van der Waals surface area contributed by atoms with Crippen LogP contribution in [0.2, 0.25) is 0 Å². The summed E-state index contributed by atoms with van der Waals surface area (Å²) in [6, 6.07) is 12.8. The number of fused-ring (bicyclic) bond motifs is 1. The van der Waals surface area contributed by atoms with E-state index in [9.17, 15) is 31.1 Å². The van der Waals surface area contributed by atoms with Crippen LogP contribution in [0.15, 0.2) is 60.7 Å².